The smallest absolute Gasteiger partial charge is 0.354 e. The summed E-state index contributed by atoms with van der Waals surface area (Å²) in [5.74, 6) is 0.713. The van der Waals surface area contributed by atoms with Gasteiger partial charge in [-0.3, -0.25) is 20.0 Å². The van der Waals surface area contributed by atoms with Crippen molar-refractivity contribution in [3.8, 4) is 11.6 Å². The Morgan fingerprint density at radius 1 is 1.50 bits per heavy atom. The Bertz CT molecular complexity index is 785. The first-order chi connectivity index (χ1) is 8.66. The van der Waals surface area contributed by atoms with Crippen molar-refractivity contribution in [2.24, 2.45) is 0 Å². The van der Waals surface area contributed by atoms with Crippen LogP contribution in [0.25, 0.3) is 17.4 Å². The Hall–Kier alpha value is -2.97. The fourth-order valence-electron chi connectivity index (χ4n) is 1.50. The van der Waals surface area contributed by atoms with Crippen LogP contribution in [0.5, 0.6) is 0 Å². The van der Waals surface area contributed by atoms with Crippen molar-refractivity contribution in [2.75, 3.05) is 0 Å². The molecule has 0 aromatic carbocycles. The van der Waals surface area contributed by atoms with Crippen molar-refractivity contribution >= 4 is 11.5 Å². The second-order valence-electron chi connectivity index (χ2n) is 3.39. The lowest BCUT2D eigenvalue weighted by atomic mass is 10.4. The molecule has 0 unspecified atom stereocenters. The number of rotatable bonds is 2. The van der Waals surface area contributed by atoms with E-state index >= 15 is 0 Å². The third kappa shape index (κ3) is 1.38. The minimum atomic E-state index is -0.824. The molecule has 90 valence electrons. The summed E-state index contributed by atoms with van der Waals surface area (Å²) in [5, 5.41) is 13.2. The molecule has 0 amide bonds. The van der Waals surface area contributed by atoms with Gasteiger partial charge in [0.05, 0.1) is 11.2 Å². The molecule has 3 rings (SSSR count). The molecule has 3 aromatic rings. The molecule has 0 atom stereocenters. The second-order valence-corrected chi connectivity index (χ2v) is 3.39. The summed E-state index contributed by atoms with van der Waals surface area (Å²) in [6.45, 7) is 0. The van der Waals surface area contributed by atoms with E-state index < -0.39 is 16.2 Å². The van der Waals surface area contributed by atoms with Crippen LogP contribution in [0.1, 0.15) is 0 Å². The topological polar surface area (TPSA) is 119 Å². The Morgan fingerprint density at radius 2 is 2.33 bits per heavy atom. The van der Waals surface area contributed by atoms with E-state index in [1.54, 1.807) is 12.1 Å². The maximum absolute atomic E-state index is 11.7. The number of nitrogens with zero attached hydrogens (tertiary/aromatic N) is 4. The van der Waals surface area contributed by atoms with Gasteiger partial charge in [-0.2, -0.15) is 9.50 Å². The number of nitrogens with one attached hydrogen (secondary N) is 1. The lowest BCUT2D eigenvalue weighted by Crippen LogP contribution is -2.18. The summed E-state index contributed by atoms with van der Waals surface area (Å²) in [6, 6.07) is 3.29. The van der Waals surface area contributed by atoms with E-state index in [9.17, 15) is 14.9 Å². The molecule has 0 saturated heterocycles. The van der Waals surface area contributed by atoms with Gasteiger partial charge >= 0.3 is 11.2 Å². The molecule has 9 nitrogen and oxygen atoms in total. The molecule has 0 aliphatic heterocycles. The summed E-state index contributed by atoms with van der Waals surface area (Å²) in [4.78, 5) is 29.3. The minimum absolute atomic E-state index is 0.0389. The number of hydrogen-bond acceptors (Lipinski definition) is 6. The summed E-state index contributed by atoms with van der Waals surface area (Å²) >= 11 is 0. The molecule has 0 saturated carbocycles. The van der Waals surface area contributed by atoms with Gasteiger partial charge in [-0.05, 0) is 12.1 Å². The molecular formula is C9H5N5O4. The molecule has 0 fully saturated rings. The molecule has 0 bridgehead atoms. The fraction of sp³-hybridized carbons (Fsp3) is 0. The average molecular weight is 247 g/mol. The summed E-state index contributed by atoms with van der Waals surface area (Å²) in [6.07, 6.45) is 2.32. The zero-order valence-corrected chi connectivity index (χ0v) is 8.73. The Kier molecular flexibility index (Phi) is 1.99. The van der Waals surface area contributed by atoms with Crippen LogP contribution in [-0.2, 0) is 0 Å². The van der Waals surface area contributed by atoms with E-state index in [1.807, 2.05) is 0 Å². The SMILES string of the molecule is O=c1c([N+](=O)[O-])cnc2nc(-c3ccco3)[nH]n12. The zero-order valence-electron chi connectivity index (χ0n) is 8.73. The summed E-state index contributed by atoms with van der Waals surface area (Å²) in [7, 11) is 0. The average Bonchev–Trinajstić information content (AvgIpc) is 2.97. The minimum Gasteiger partial charge on any atom is -0.461 e. The standard InChI is InChI=1S/C9H5N5O4/c15-8-5(14(16)17)4-10-9-11-7(12-13(8)9)6-2-1-3-18-6/h1-4H,(H,10,11,12). The van der Waals surface area contributed by atoms with Gasteiger partial charge in [0.15, 0.2) is 11.6 Å². The highest BCUT2D eigenvalue weighted by molar-refractivity contribution is 5.50. The first-order valence-corrected chi connectivity index (χ1v) is 4.83. The van der Waals surface area contributed by atoms with Gasteiger partial charge in [-0.25, -0.2) is 4.98 Å². The Labute approximate surface area is 97.8 Å². The zero-order chi connectivity index (χ0) is 12.7. The number of aromatic nitrogens is 4. The van der Waals surface area contributed by atoms with Crippen LogP contribution in [0.4, 0.5) is 5.69 Å². The van der Waals surface area contributed by atoms with Crippen molar-refractivity contribution in [1.82, 2.24) is 19.6 Å². The maximum Gasteiger partial charge on any atom is 0.354 e. The van der Waals surface area contributed by atoms with E-state index in [4.69, 9.17) is 4.42 Å². The molecule has 18 heavy (non-hydrogen) atoms. The van der Waals surface area contributed by atoms with E-state index in [1.165, 1.54) is 6.26 Å². The van der Waals surface area contributed by atoms with Crippen LogP contribution < -0.4 is 5.56 Å². The van der Waals surface area contributed by atoms with Gasteiger partial charge in [0.2, 0.25) is 0 Å². The van der Waals surface area contributed by atoms with Crippen LogP contribution in [0.2, 0.25) is 0 Å². The molecule has 3 heterocycles. The van der Waals surface area contributed by atoms with Gasteiger partial charge in [0.1, 0.15) is 6.20 Å². The normalized spacial score (nSPS) is 10.9. The third-order valence-electron chi connectivity index (χ3n) is 2.31. The first-order valence-electron chi connectivity index (χ1n) is 4.83. The molecule has 9 heteroatoms. The van der Waals surface area contributed by atoms with Gasteiger partial charge < -0.3 is 4.42 Å². The summed E-state index contributed by atoms with van der Waals surface area (Å²) in [5.41, 5.74) is -1.45. The highest BCUT2D eigenvalue weighted by Crippen LogP contribution is 2.15. The molecule has 3 aromatic heterocycles. The fourth-order valence-corrected chi connectivity index (χ4v) is 1.50. The van der Waals surface area contributed by atoms with Gasteiger partial charge in [-0.1, -0.05) is 0 Å². The molecule has 0 radical (unpaired) electrons. The number of aromatic amines is 1. The van der Waals surface area contributed by atoms with E-state index in [2.05, 4.69) is 15.1 Å². The van der Waals surface area contributed by atoms with Crippen LogP contribution in [0, 0.1) is 10.1 Å². The Morgan fingerprint density at radius 3 is 3.00 bits per heavy atom. The van der Waals surface area contributed by atoms with E-state index in [-0.39, 0.29) is 11.6 Å². The lowest BCUT2D eigenvalue weighted by Gasteiger charge is -1.90. The van der Waals surface area contributed by atoms with Crippen molar-refractivity contribution in [3.63, 3.8) is 0 Å². The van der Waals surface area contributed by atoms with Crippen molar-refractivity contribution in [1.29, 1.82) is 0 Å². The molecule has 1 N–H and O–H groups in total. The quantitative estimate of drug-likeness (QED) is 0.522. The first kappa shape index (κ1) is 10.2. The number of nitro groups is 1. The maximum atomic E-state index is 11.7. The summed E-state index contributed by atoms with van der Waals surface area (Å²) < 4.78 is 5.99. The monoisotopic (exact) mass is 247 g/mol. The van der Waals surface area contributed by atoms with Crippen molar-refractivity contribution < 1.29 is 9.34 Å². The van der Waals surface area contributed by atoms with Gasteiger partial charge in [0.25, 0.3) is 5.78 Å². The van der Waals surface area contributed by atoms with Crippen LogP contribution in [0.15, 0.2) is 33.8 Å². The van der Waals surface area contributed by atoms with Crippen molar-refractivity contribution in [2.45, 2.75) is 0 Å². The predicted molar refractivity (Wildman–Crippen MR) is 58.0 cm³/mol. The Balaban J connectivity index is 2.28. The largest absolute Gasteiger partial charge is 0.461 e. The lowest BCUT2D eigenvalue weighted by molar-refractivity contribution is -0.386. The van der Waals surface area contributed by atoms with Gasteiger partial charge in [0, 0.05) is 0 Å². The van der Waals surface area contributed by atoms with Crippen LogP contribution in [-0.4, -0.2) is 24.5 Å². The second kappa shape index (κ2) is 3.52. The third-order valence-corrected chi connectivity index (χ3v) is 2.31. The number of fused-ring (bicyclic) bond motifs is 1. The molecule has 0 aliphatic rings. The highest BCUT2D eigenvalue weighted by Gasteiger charge is 2.18. The number of furan rings is 1. The molecular weight excluding hydrogens is 242 g/mol. The number of hydrogen-bond donors (Lipinski definition) is 1. The van der Waals surface area contributed by atoms with E-state index in [0.29, 0.717) is 5.76 Å². The van der Waals surface area contributed by atoms with Crippen LogP contribution >= 0.6 is 0 Å². The predicted octanol–water partition coefficient (Wildman–Crippen LogP) is 0.586. The van der Waals surface area contributed by atoms with Crippen LogP contribution in [0.3, 0.4) is 0 Å². The van der Waals surface area contributed by atoms with Crippen molar-refractivity contribution in [3.05, 3.63) is 45.1 Å². The molecule has 0 aliphatic carbocycles. The van der Waals surface area contributed by atoms with Gasteiger partial charge in [-0.15, -0.1) is 0 Å². The van der Waals surface area contributed by atoms with E-state index in [0.717, 1.165) is 10.7 Å². The number of H-pyrrole nitrogens is 1. The highest BCUT2D eigenvalue weighted by atomic mass is 16.6. The molecule has 0 spiro atoms.